The molecule has 1 aliphatic rings. The van der Waals surface area contributed by atoms with Crippen LogP contribution in [0.15, 0.2) is 0 Å². The predicted molar refractivity (Wildman–Crippen MR) is 67.1 cm³/mol. The molecule has 1 heterocycles. The van der Waals surface area contributed by atoms with Crippen LogP contribution in [-0.4, -0.2) is 49.7 Å². The van der Waals surface area contributed by atoms with Crippen molar-refractivity contribution in [3.63, 3.8) is 0 Å². The Kier molecular flexibility index (Phi) is 6.72. The minimum absolute atomic E-state index is 0.0322. The fourth-order valence-corrected chi connectivity index (χ4v) is 2.22. The van der Waals surface area contributed by atoms with E-state index in [1.165, 1.54) is 7.11 Å². The molecular weight excluding hydrogens is 234 g/mol. The van der Waals surface area contributed by atoms with Crippen molar-refractivity contribution in [1.82, 2.24) is 4.90 Å². The van der Waals surface area contributed by atoms with E-state index in [4.69, 9.17) is 9.47 Å². The Morgan fingerprint density at radius 2 is 2.11 bits per heavy atom. The Balaban J connectivity index is 2.44. The third kappa shape index (κ3) is 4.29. The van der Waals surface area contributed by atoms with Gasteiger partial charge >= 0.3 is 5.97 Å². The fourth-order valence-electron chi connectivity index (χ4n) is 2.22. The largest absolute Gasteiger partial charge is 0.467 e. The Morgan fingerprint density at radius 1 is 1.33 bits per heavy atom. The predicted octanol–water partition coefficient (Wildman–Crippen LogP) is 1.36. The van der Waals surface area contributed by atoms with Gasteiger partial charge in [-0.2, -0.15) is 0 Å². The van der Waals surface area contributed by atoms with E-state index >= 15 is 0 Å². The van der Waals surface area contributed by atoms with Gasteiger partial charge in [0.2, 0.25) is 5.91 Å². The Labute approximate surface area is 108 Å². The normalized spacial score (nSPS) is 19.7. The maximum Gasteiger partial charge on any atom is 0.328 e. The molecule has 18 heavy (non-hydrogen) atoms. The zero-order valence-corrected chi connectivity index (χ0v) is 11.3. The second kappa shape index (κ2) is 8.08. The van der Waals surface area contributed by atoms with Crippen LogP contribution in [0.3, 0.4) is 0 Å². The molecule has 0 radical (unpaired) electrons. The van der Waals surface area contributed by atoms with E-state index in [9.17, 15) is 9.59 Å². The fraction of sp³-hybridized carbons (Fsp3) is 0.846. The molecule has 5 heteroatoms. The number of hydrogen-bond donors (Lipinski definition) is 0. The second-order valence-electron chi connectivity index (χ2n) is 4.42. The highest BCUT2D eigenvalue weighted by atomic mass is 16.5. The van der Waals surface area contributed by atoms with Gasteiger partial charge in [0.25, 0.3) is 0 Å². The molecule has 1 rings (SSSR count). The summed E-state index contributed by atoms with van der Waals surface area (Å²) in [4.78, 5) is 25.3. The van der Waals surface area contributed by atoms with Gasteiger partial charge < -0.3 is 14.4 Å². The first-order chi connectivity index (χ1) is 8.70. The lowest BCUT2D eigenvalue weighted by molar-refractivity contribution is -0.154. The molecule has 1 amide bonds. The number of carbonyl (C=O) groups excluding carboxylic acids is 2. The van der Waals surface area contributed by atoms with Crippen LogP contribution >= 0.6 is 0 Å². The molecule has 104 valence electrons. The summed E-state index contributed by atoms with van der Waals surface area (Å²) in [7, 11) is 1.37. The molecule has 0 aromatic heterocycles. The number of carbonyl (C=O) groups is 2. The van der Waals surface area contributed by atoms with Crippen molar-refractivity contribution in [2.24, 2.45) is 0 Å². The molecule has 0 spiro atoms. The van der Waals surface area contributed by atoms with Gasteiger partial charge in [0, 0.05) is 26.2 Å². The highest BCUT2D eigenvalue weighted by molar-refractivity contribution is 5.84. The quantitative estimate of drug-likeness (QED) is 0.532. The number of piperidine rings is 1. The Hall–Kier alpha value is -1.10. The Morgan fingerprint density at radius 3 is 2.78 bits per heavy atom. The zero-order valence-electron chi connectivity index (χ0n) is 11.3. The van der Waals surface area contributed by atoms with Crippen molar-refractivity contribution in [1.29, 1.82) is 0 Å². The maximum absolute atomic E-state index is 12.1. The van der Waals surface area contributed by atoms with E-state index in [1.807, 2.05) is 6.92 Å². The van der Waals surface area contributed by atoms with E-state index < -0.39 is 0 Å². The number of rotatable bonds is 6. The first kappa shape index (κ1) is 15.0. The summed E-state index contributed by atoms with van der Waals surface area (Å²) in [6.45, 7) is 3.86. The lowest BCUT2D eigenvalue weighted by Gasteiger charge is -2.33. The maximum atomic E-state index is 12.1. The number of nitrogens with zero attached hydrogens (tertiary/aromatic N) is 1. The van der Waals surface area contributed by atoms with Gasteiger partial charge in [0.15, 0.2) is 0 Å². The topological polar surface area (TPSA) is 55.8 Å². The van der Waals surface area contributed by atoms with Gasteiger partial charge in [-0.25, -0.2) is 4.79 Å². The zero-order chi connectivity index (χ0) is 13.4. The number of hydrogen-bond acceptors (Lipinski definition) is 4. The molecule has 1 atom stereocenters. The number of ether oxygens (including phenoxy) is 2. The highest BCUT2D eigenvalue weighted by Crippen LogP contribution is 2.19. The van der Waals surface area contributed by atoms with Crippen LogP contribution < -0.4 is 0 Å². The van der Waals surface area contributed by atoms with Gasteiger partial charge in [-0.05, 0) is 32.6 Å². The summed E-state index contributed by atoms with van der Waals surface area (Å²) < 4.78 is 9.96. The number of esters is 1. The van der Waals surface area contributed by atoms with E-state index in [0.717, 1.165) is 12.8 Å². The van der Waals surface area contributed by atoms with E-state index in [2.05, 4.69) is 0 Å². The summed E-state index contributed by atoms with van der Waals surface area (Å²) >= 11 is 0. The molecule has 1 fully saturated rings. The summed E-state index contributed by atoms with van der Waals surface area (Å²) in [6, 6.07) is -0.386. The van der Waals surface area contributed by atoms with Gasteiger partial charge in [0.1, 0.15) is 6.04 Å². The van der Waals surface area contributed by atoms with Crippen molar-refractivity contribution in [2.75, 3.05) is 26.9 Å². The van der Waals surface area contributed by atoms with E-state index in [-0.39, 0.29) is 17.9 Å². The summed E-state index contributed by atoms with van der Waals surface area (Å²) in [5, 5.41) is 0. The molecule has 0 aliphatic carbocycles. The van der Waals surface area contributed by atoms with Crippen LogP contribution in [0.2, 0.25) is 0 Å². The monoisotopic (exact) mass is 257 g/mol. The minimum Gasteiger partial charge on any atom is -0.467 e. The number of amides is 1. The highest BCUT2D eigenvalue weighted by Gasteiger charge is 2.32. The number of methoxy groups -OCH3 is 1. The first-order valence-electron chi connectivity index (χ1n) is 6.65. The second-order valence-corrected chi connectivity index (χ2v) is 4.42. The molecule has 0 aromatic carbocycles. The minimum atomic E-state index is -0.386. The molecule has 1 unspecified atom stereocenters. The molecule has 5 nitrogen and oxygen atoms in total. The summed E-state index contributed by atoms with van der Waals surface area (Å²) in [5.41, 5.74) is 0. The van der Waals surface area contributed by atoms with Crippen LogP contribution in [0.1, 0.15) is 39.0 Å². The lowest BCUT2D eigenvalue weighted by atomic mass is 10.0. The molecule has 0 aromatic rings. The van der Waals surface area contributed by atoms with Gasteiger partial charge in [-0.15, -0.1) is 0 Å². The lowest BCUT2D eigenvalue weighted by Crippen LogP contribution is -2.48. The van der Waals surface area contributed by atoms with Gasteiger partial charge in [0.05, 0.1) is 7.11 Å². The smallest absolute Gasteiger partial charge is 0.328 e. The van der Waals surface area contributed by atoms with Crippen LogP contribution in [0, 0.1) is 0 Å². The van der Waals surface area contributed by atoms with Crippen molar-refractivity contribution in [3.05, 3.63) is 0 Å². The summed E-state index contributed by atoms with van der Waals surface area (Å²) in [6.07, 6.45) is 3.79. The van der Waals surface area contributed by atoms with Crippen LogP contribution in [-0.2, 0) is 19.1 Å². The van der Waals surface area contributed by atoms with Crippen LogP contribution in [0.4, 0.5) is 0 Å². The third-order valence-corrected chi connectivity index (χ3v) is 3.18. The van der Waals surface area contributed by atoms with E-state index in [1.54, 1.807) is 4.90 Å². The van der Waals surface area contributed by atoms with E-state index in [0.29, 0.717) is 39.0 Å². The van der Waals surface area contributed by atoms with Crippen LogP contribution in [0.25, 0.3) is 0 Å². The SMILES string of the molecule is CCOCCCC(=O)N1CCCCC1C(=O)OC. The van der Waals surface area contributed by atoms with Crippen molar-refractivity contribution >= 4 is 11.9 Å². The molecule has 0 saturated carbocycles. The third-order valence-electron chi connectivity index (χ3n) is 3.18. The summed E-state index contributed by atoms with van der Waals surface area (Å²) in [5.74, 6) is -0.266. The van der Waals surface area contributed by atoms with Crippen LogP contribution in [0.5, 0.6) is 0 Å². The van der Waals surface area contributed by atoms with Gasteiger partial charge in [-0.3, -0.25) is 4.79 Å². The number of likely N-dealkylation sites (tertiary alicyclic amines) is 1. The average Bonchev–Trinajstić information content (AvgIpc) is 2.42. The van der Waals surface area contributed by atoms with Crippen molar-refractivity contribution in [3.8, 4) is 0 Å². The molecule has 0 N–H and O–H groups in total. The van der Waals surface area contributed by atoms with Crippen molar-refractivity contribution < 1.29 is 19.1 Å². The molecule has 0 bridgehead atoms. The standard InChI is InChI=1S/C13H23NO4/c1-3-18-10-6-8-12(15)14-9-5-4-7-11(14)13(16)17-2/h11H,3-10H2,1-2H3. The van der Waals surface area contributed by atoms with Crippen molar-refractivity contribution in [2.45, 2.75) is 45.1 Å². The molecular formula is C13H23NO4. The average molecular weight is 257 g/mol. The molecule has 1 aliphatic heterocycles. The first-order valence-corrected chi connectivity index (χ1v) is 6.65. The Bertz CT molecular complexity index is 280. The van der Waals surface area contributed by atoms with Gasteiger partial charge in [-0.1, -0.05) is 0 Å². The molecule has 1 saturated heterocycles.